The lowest BCUT2D eigenvalue weighted by Gasteiger charge is -2.22. The molecule has 0 saturated heterocycles. The Hall–Kier alpha value is -3.72. The van der Waals surface area contributed by atoms with E-state index in [0.717, 1.165) is 11.4 Å². The smallest absolute Gasteiger partial charge is 0.297 e. The van der Waals surface area contributed by atoms with Crippen molar-refractivity contribution in [2.75, 3.05) is 12.0 Å². The average molecular weight is 464 g/mol. The second-order valence-electron chi connectivity index (χ2n) is 8.26. The zero-order chi connectivity index (χ0) is 23.3. The molecule has 4 aromatic rings. The molecule has 1 atom stereocenters. The summed E-state index contributed by atoms with van der Waals surface area (Å²) < 4.78 is 11.2. The molecule has 8 nitrogen and oxygen atoms in total. The van der Waals surface area contributed by atoms with Crippen molar-refractivity contribution in [3.05, 3.63) is 74.6 Å². The Labute approximate surface area is 193 Å². The molecule has 33 heavy (non-hydrogen) atoms. The molecule has 0 spiro atoms. The molecular weight excluding hydrogens is 442 g/mol. The number of methoxy groups -OCH3 is 1. The highest BCUT2D eigenvalue weighted by Gasteiger charge is 2.45. The van der Waals surface area contributed by atoms with E-state index in [4.69, 9.17) is 9.15 Å². The predicted octanol–water partition coefficient (Wildman–Crippen LogP) is 4.31. The molecule has 0 radical (unpaired) electrons. The summed E-state index contributed by atoms with van der Waals surface area (Å²) in [4.78, 5) is 28.6. The van der Waals surface area contributed by atoms with E-state index in [1.54, 1.807) is 36.4 Å². The quantitative estimate of drug-likeness (QED) is 0.470. The van der Waals surface area contributed by atoms with Crippen LogP contribution in [0.4, 0.5) is 5.13 Å². The number of nitrogens with zero attached hydrogens (tertiary/aromatic N) is 3. The van der Waals surface area contributed by atoms with E-state index in [1.807, 2.05) is 0 Å². The average Bonchev–Trinajstić information content (AvgIpc) is 3.36. The zero-order valence-corrected chi connectivity index (χ0v) is 19.0. The fraction of sp³-hybridized carbons (Fsp3) is 0.250. The van der Waals surface area contributed by atoms with Crippen molar-refractivity contribution in [2.24, 2.45) is 5.92 Å². The monoisotopic (exact) mass is 463 g/mol. The van der Waals surface area contributed by atoms with E-state index < -0.39 is 11.9 Å². The van der Waals surface area contributed by atoms with Crippen LogP contribution in [0.25, 0.3) is 11.0 Å². The highest BCUT2D eigenvalue weighted by atomic mass is 32.1. The first-order valence-electron chi connectivity index (χ1n) is 10.5. The number of para-hydroxylation sites is 1. The Morgan fingerprint density at radius 1 is 1.18 bits per heavy atom. The SMILES string of the molecule is COc1cc([C@@H]2c3c(oc4ccccc4c3=O)C(=O)N2c2nnc(CC(C)C)s2)ccc1O. The minimum Gasteiger partial charge on any atom is -0.504 e. The number of ether oxygens (including phenoxy) is 1. The number of benzene rings is 2. The van der Waals surface area contributed by atoms with Gasteiger partial charge in [0.2, 0.25) is 10.9 Å². The van der Waals surface area contributed by atoms with Crippen LogP contribution in [-0.4, -0.2) is 28.3 Å². The van der Waals surface area contributed by atoms with Gasteiger partial charge in [-0.05, 0) is 35.7 Å². The molecule has 0 fully saturated rings. The van der Waals surface area contributed by atoms with Crippen LogP contribution in [0.15, 0.2) is 51.7 Å². The van der Waals surface area contributed by atoms with E-state index in [2.05, 4.69) is 24.0 Å². The van der Waals surface area contributed by atoms with Crippen LogP contribution < -0.4 is 15.1 Å². The van der Waals surface area contributed by atoms with E-state index >= 15 is 0 Å². The summed E-state index contributed by atoms with van der Waals surface area (Å²) in [6.45, 7) is 4.16. The summed E-state index contributed by atoms with van der Waals surface area (Å²) in [5.74, 6) is 0.0887. The molecule has 0 aliphatic carbocycles. The third kappa shape index (κ3) is 3.45. The molecule has 3 heterocycles. The van der Waals surface area contributed by atoms with E-state index in [9.17, 15) is 14.7 Å². The number of amides is 1. The minimum atomic E-state index is -0.803. The largest absolute Gasteiger partial charge is 0.504 e. The Morgan fingerprint density at radius 2 is 1.97 bits per heavy atom. The molecule has 2 aromatic carbocycles. The standard InChI is InChI=1S/C24H21N3O5S/c1-12(2)10-18-25-26-24(33-18)27-20(13-8-9-15(28)17(11-13)31-3)19-21(29)14-6-4-5-7-16(14)32-22(19)23(27)30/h4-9,11-12,20,28H,10H2,1-3H3/t20-/m1/s1. The maximum Gasteiger partial charge on any atom is 0.297 e. The number of carbonyl (C=O) groups excluding carboxylic acids is 1. The summed E-state index contributed by atoms with van der Waals surface area (Å²) in [5.41, 5.74) is 0.870. The van der Waals surface area contributed by atoms with Crippen LogP contribution in [0.2, 0.25) is 0 Å². The zero-order valence-electron chi connectivity index (χ0n) is 18.2. The highest BCUT2D eigenvalue weighted by Crippen LogP contribution is 2.43. The van der Waals surface area contributed by atoms with Crippen LogP contribution in [0.1, 0.15) is 46.6 Å². The summed E-state index contributed by atoms with van der Waals surface area (Å²) in [6.07, 6.45) is 0.728. The first-order chi connectivity index (χ1) is 15.9. The van der Waals surface area contributed by atoms with Crippen LogP contribution in [-0.2, 0) is 6.42 Å². The van der Waals surface area contributed by atoms with Gasteiger partial charge in [-0.25, -0.2) is 0 Å². The van der Waals surface area contributed by atoms with Gasteiger partial charge in [0.15, 0.2) is 16.9 Å². The minimum absolute atomic E-state index is 0.0173. The lowest BCUT2D eigenvalue weighted by atomic mass is 9.98. The van der Waals surface area contributed by atoms with Gasteiger partial charge in [-0.2, -0.15) is 0 Å². The first-order valence-corrected chi connectivity index (χ1v) is 11.3. The van der Waals surface area contributed by atoms with Gasteiger partial charge in [-0.1, -0.05) is 43.4 Å². The maximum absolute atomic E-state index is 13.6. The normalized spacial score (nSPS) is 15.5. The van der Waals surface area contributed by atoms with Crippen molar-refractivity contribution in [1.82, 2.24) is 10.2 Å². The molecular formula is C24H21N3O5S. The molecule has 168 valence electrons. The number of fused-ring (bicyclic) bond motifs is 2. The van der Waals surface area contributed by atoms with Crippen molar-refractivity contribution < 1.29 is 19.1 Å². The number of carbonyl (C=O) groups is 1. The molecule has 0 unspecified atom stereocenters. The van der Waals surface area contributed by atoms with Gasteiger partial charge in [-0.3, -0.25) is 14.5 Å². The van der Waals surface area contributed by atoms with E-state index in [1.165, 1.54) is 29.4 Å². The summed E-state index contributed by atoms with van der Waals surface area (Å²) in [7, 11) is 1.44. The lowest BCUT2D eigenvalue weighted by Crippen LogP contribution is -2.29. The van der Waals surface area contributed by atoms with Gasteiger partial charge in [0.05, 0.1) is 24.1 Å². The van der Waals surface area contributed by atoms with Gasteiger partial charge >= 0.3 is 0 Å². The molecule has 1 aliphatic rings. The van der Waals surface area contributed by atoms with Crippen LogP contribution in [0, 0.1) is 5.92 Å². The van der Waals surface area contributed by atoms with Gasteiger partial charge < -0.3 is 14.3 Å². The fourth-order valence-electron chi connectivity index (χ4n) is 4.07. The number of rotatable bonds is 5. The number of aromatic hydroxyl groups is 1. The van der Waals surface area contributed by atoms with Crippen molar-refractivity contribution >= 4 is 33.3 Å². The van der Waals surface area contributed by atoms with Gasteiger partial charge in [0.1, 0.15) is 10.6 Å². The molecule has 5 rings (SSSR count). The number of aromatic nitrogens is 2. The Kier molecular flexibility index (Phi) is 5.13. The summed E-state index contributed by atoms with van der Waals surface area (Å²) >= 11 is 1.31. The lowest BCUT2D eigenvalue weighted by molar-refractivity contribution is 0.0970. The first kappa shape index (κ1) is 21.1. The molecule has 0 bridgehead atoms. The third-order valence-corrected chi connectivity index (χ3v) is 6.49. The fourth-order valence-corrected chi connectivity index (χ4v) is 5.15. The van der Waals surface area contributed by atoms with Crippen molar-refractivity contribution in [3.8, 4) is 11.5 Å². The van der Waals surface area contributed by atoms with E-state index in [0.29, 0.717) is 27.6 Å². The van der Waals surface area contributed by atoms with Crippen molar-refractivity contribution in [1.29, 1.82) is 0 Å². The number of phenolic OH excluding ortho intramolecular Hbond substituents is 1. The number of anilines is 1. The second kappa shape index (κ2) is 8.00. The van der Waals surface area contributed by atoms with Gasteiger partial charge in [0.25, 0.3) is 5.91 Å². The Bertz CT molecular complexity index is 1440. The van der Waals surface area contributed by atoms with Crippen LogP contribution in [0.3, 0.4) is 0 Å². The number of hydrogen-bond donors (Lipinski definition) is 1. The molecule has 1 amide bonds. The number of phenols is 1. The molecule has 1 aliphatic heterocycles. The van der Waals surface area contributed by atoms with Crippen molar-refractivity contribution in [3.63, 3.8) is 0 Å². The van der Waals surface area contributed by atoms with Crippen molar-refractivity contribution in [2.45, 2.75) is 26.3 Å². The second-order valence-corrected chi connectivity index (χ2v) is 9.30. The highest BCUT2D eigenvalue weighted by molar-refractivity contribution is 7.15. The molecule has 9 heteroatoms. The molecule has 2 aromatic heterocycles. The summed E-state index contributed by atoms with van der Waals surface area (Å²) in [5, 5.41) is 20.2. The Morgan fingerprint density at radius 3 is 2.73 bits per heavy atom. The van der Waals surface area contributed by atoms with Crippen LogP contribution in [0.5, 0.6) is 11.5 Å². The maximum atomic E-state index is 13.6. The summed E-state index contributed by atoms with van der Waals surface area (Å²) in [6, 6.07) is 10.8. The number of hydrogen-bond acceptors (Lipinski definition) is 8. The van der Waals surface area contributed by atoms with Gasteiger partial charge in [-0.15, -0.1) is 10.2 Å². The predicted molar refractivity (Wildman–Crippen MR) is 124 cm³/mol. The van der Waals surface area contributed by atoms with Gasteiger partial charge in [0, 0.05) is 6.42 Å². The van der Waals surface area contributed by atoms with E-state index in [-0.39, 0.29) is 28.3 Å². The molecule has 0 saturated carbocycles. The third-order valence-electron chi connectivity index (χ3n) is 5.54. The van der Waals surface area contributed by atoms with Crippen LogP contribution >= 0.6 is 11.3 Å². The topological polar surface area (TPSA) is 106 Å². The Balaban J connectivity index is 1.75. The molecule has 1 N–H and O–H groups in total.